The lowest BCUT2D eigenvalue weighted by molar-refractivity contribution is 0.0942. The molecule has 1 aliphatic rings. The zero-order valence-corrected chi connectivity index (χ0v) is 12.6. The van der Waals surface area contributed by atoms with Crippen LogP contribution in [0, 0.1) is 0 Å². The topological polar surface area (TPSA) is 76.1 Å². The molecule has 0 aromatic carbocycles. The van der Waals surface area contributed by atoms with Crippen molar-refractivity contribution in [1.29, 1.82) is 0 Å². The molecule has 2 N–H and O–H groups in total. The number of nitrogens with one attached hydrogen (secondary N) is 2. The van der Waals surface area contributed by atoms with Crippen molar-refractivity contribution in [3.05, 3.63) is 17.8 Å². The van der Waals surface area contributed by atoms with Gasteiger partial charge in [0.2, 0.25) is 0 Å². The zero-order chi connectivity index (χ0) is 14.9. The van der Waals surface area contributed by atoms with Crippen molar-refractivity contribution in [2.75, 3.05) is 25.6 Å². The van der Waals surface area contributed by atoms with E-state index in [9.17, 15) is 4.79 Å². The van der Waals surface area contributed by atoms with E-state index < -0.39 is 0 Å². The average molecular weight is 292 g/mol. The third-order valence-corrected chi connectivity index (χ3v) is 3.67. The Balaban J connectivity index is 1.79. The highest BCUT2D eigenvalue weighted by Gasteiger charge is 2.14. The Morgan fingerprint density at radius 3 is 2.76 bits per heavy atom. The van der Waals surface area contributed by atoms with Gasteiger partial charge in [0.05, 0.1) is 0 Å². The summed E-state index contributed by atoms with van der Waals surface area (Å²) in [5.41, 5.74) is 0.349. The van der Waals surface area contributed by atoms with Gasteiger partial charge in [-0.3, -0.25) is 4.79 Å². The second kappa shape index (κ2) is 8.56. The third kappa shape index (κ3) is 5.30. The number of hydrogen-bond acceptors (Lipinski definition) is 5. The standard InChI is InChI=1S/C15H24N4O2/c1-21-11-5-10-16-15(20)13-8-9-14(19-18-13)17-12-6-3-2-4-7-12/h8-9,12H,2-7,10-11H2,1H3,(H,16,20)(H,17,19). The van der Waals surface area contributed by atoms with Crippen molar-refractivity contribution in [2.24, 2.45) is 0 Å². The molecule has 6 nitrogen and oxygen atoms in total. The first-order chi connectivity index (χ1) is 10.3. The molecule has 1 fully saturated rings. The van der Waals surface area contributed by atoms with E-state index in [1.54, 1.807) is 13.2 Å². The molecule has 0 radical (unpaired) electrons. The molecule has 2 rings (SSSR count). The number of nitrogens with zero attached hydrogens (tertiary/aromatic N) is 2. The van der Waals surface area contributed by atoms with E-state index in [0.29, 0.717) is 24.9 Å². The SMILES string of the molecule is COCCCNC(=O)c1ccc(NC2CCCCC2)nn1. The highest BCUT2D eigenvalue weighted by atomic mass is 16.5. The fourth-order valence-electron chi connectivity index (χ4n) is 2.50. The van der Waals surface area contributed by atoms with Gasteiger partial charge in [-0.15, -0.1) is 10.2 Å². The molecular formula is C15H24N4O2. The Labute approximate surface area is 125 Å². The smallest absolute Gasteiger partial charge is 0.271 e. The Hall–Kier alpha value is -1.69. The molecule has 0 spiro atoms. The normalized spacial score (nSPS) is 15.7. The summed E-state index contributed by atoms with van der Waals surface area (Å²) in [6.07, 6.45) is 7.02. The lowest BCUT2D eigenvalue weighted by Crippen LogP contribution is -2.27. The second-order valence-electron chi connectivity index (χ2n) is 5.39. The summed E-state index contributed by atoms with van der Waals surface area (Å²) in [6.45, 7) is 1.21. The van der Waals surface area contributed by atoms with Gasteiger partial charge in [0.1, 0.15) is 5.82 Å². The van der Waals surface area contributed by atoms with Gasteiger partial charge in [0.15, 0.2) is 5.69 Å². The van der Waals surface area contributed by atoms with Gasteiger partial charge in [-0.2, -0.15) is 0 Å². The van der Waals surface area contributed by atoms with Crippen LogP contribution in [0.2, 0.25) is 0 Å². The van der Waals surface area contributed by atoms with E-state index in [-0.39, 0.29) is 5.91 Å². The van der Waals surface area contributed by atoms with Gasteiger partial charge in [-0.1, -0.05) is 19.3 Å². The zero-order valence-electron chi connectivity index (χ0n) is 12.6. The fourth-order valence-corrected chi connectivity index (χ4v) is 2.50. The summed E-state index contributed by atoms with van der Waals surface area (Å²) in [7, 11) is 1.64. The highest BCUT2D eigenvalue weighted by Crippen LogP contribution is 2.20. The van der Waals surface area contributed by atoms with E-state index >= 15 is 0 Å². The van der Waals surface area contributed by atoms with Crippen LogP contribution in [0.15, 0.2) is 12.1 Å². The summed E-state index contributed by atoms with van der Waals surface area (Å²) < 4.78 is 4.93. The van der Waals surface area contributed by atoms with Crippen molar-refractivity contribution in [3.8, 4) is 0 Å². The van der Waals surface area contributed by atoms with E-state index in [1.807, 2.05) is 6.07 Å². The minimum Gasteiger partial charge on any atom is -0.385 e. The Bertz CT molecular complexity index is 430. The maximum Gasteiger partial charge on any atom is 0.271 e. The van der Waals surface area contributed by atoms with E-state index in [0.717, 1.165) is 12.2 Å². The molecule has 0 unspecified atom stereocenters. The predicted molar refractivity (Wildman–Crippen MR) is 81.4 cm³/mol. The van der Waals surface area contributed by atoms with Crippen LogP contribution in [0.5, 0.6) is 0 Å². The summed E-state index contributed by atoms with van der Waals surface area (Å²) in [5.74, 6) is 0.556. The molecule has 21 heavy (non-hydrogen) atoms. The van der Waals surface area contributed by atoms with Crippen LogP contribution in [-0.2, 0) is 4.74 Å². The predicted octanol–water partition coefficient (Wildman–Crippen LogP) is 1.99. The quantitative estimate of drug-likeness (QED) is 0.752. The molecular weight excluding hydrogens is 268 g/mol. The van der Waals surface area contributed by atoms with Crippen molar-refractivity contribution in [2.45, 2.75) is 44.6 Å². The molecule has 0 atom stereocenters. The number of rotatable bonds is 7. The lowest BCUT2D eigenvalue weighted by Gasteiger charge is -2.22. The van der Waals surface area contributed by atoms with E-state index in [2.05, 4.69) is 20.8 Å². The van der Waals surface area contributed by atoms with E-state index in [4.69, 9.17) is 4.74 Å². The average Bonchev–Trinajstić information content (AvgIpc) is 2.53. The minimum atomic E-state index is -0.192. The third-order valence-electron chi connectivity index (χ3n) is 3.67. The van der Waals surface area contributed by atoms with Gasteiger partial charge in [-0.25, -0.2) is 0 Å². The molecule has 1 heterocycles. The Kier molecular flexibility index (Phi) is 6.40. The number of carbonyl (C=O) groups excluding carboxylic acids is 1. The molecule has 1 aromatic heterocycles. The van der Waals surface area contributed by atoms with Crippen LogP contribution < -0.4 is 10.6 Å². The number of carbonyl (C=O) groups is 1. The number of aromatic nitrogens is 2. The van der Waals surface area contributed by atoms with Gasteiger partial charge < -0.3 is 15.4 Å². The van der Waals surface area contributed by atoms with Crippen molar-refractivity contribution < 1.29 is 9.53 Å². The van der Waals surface area contributed by atoms with Crippen molar-refractivity contribution in [3.63, 3.8) is 0 Å². The van der Waals surface area contributed by atoms with Gasteiger partial charge in [0, 0.05) is 26.3 Å². The first kappa shape index (κ1) is 15.7. The number of ether oxygens (including phenoxy) is 1. The maximum atomic E-state index is 11.8. The monoisotopic (exact) mass is 292 g/mol. The number of anilines is 1. The van der Waals surface area contributed by atoms with Crippen LogP contribution in [-0.4, -0.2) is 42.4 Å². The molecule has 0 aliphatic heterocycles. The summed E-state index contributed by atoms with van der Waals surface area (Å²) >= 11 is 0. The lowest BCUT2D eigenvalue weighted by atomic mass is 9.95. The van der Waals surface area contributed by atoms with Crippen LogP contribution in [0.3, 0.4) is 0 Å². The Morgan fingerprint density at radius 2 is 2.10 bits per heavy atom. The number of amides is 1. The molecule has 1 saturated carbocycles. The van der Waals surface area contributed by atoms with Crippen LogP contribution in [0.25, 0.3) is 0 Å². The largest absolute Gasteiger partial charge is 0.385 e. The van der Waals surface area contributed by atoms with Crippen molar-refractivity contribution in [1.82, 2.24) is 15.5 Å². The summed E-state index contributed by atoms with van der Waals surface area (Å²) in [6, 6.07) is 4.02. The minimum absolute atomic E-state index is 0.192. The number of methoxy groups -OCH3 is 1. The summed E-state index contributed by atoms with van der Waals surface area (Å²) in [5, 5.41) is 14.3. The first-order valence-corrected chi connectivity index (χ1v) is 7.67. The number of hydrogen-bond donors (Lipinski definition) is 2. The molecule has 6 heteroatoms. The van der Waals surface area contributed by atoms with Gasteiger partial charge in [0.25, 0.3) is 5.91 Å². The fraction of sp³-hybridized carbons (Fsp3) is 0.667. The molecule has 0 bridgehead atoms. The molecule has 1 aromatic rings. The van der Waals surface area contributed by atoms with Crippen LogP contribution in [0.1, 0.15) is 49.0 Å². The van der Waals surface area contributed by atoms with Gasteiger partial charge >= 0.3 is 0 Å². The molecule has 116 valence electrons. The molecule has 0 saturated heterocycles. The highest BCUT2D eigenvalue weighted by molar-refractivity contribution is 5.92. The second-order valence-corrected chi connectivity index (χ2v) is 5.39. The van der Waals surface area contributed by atoms with E-state index in [1.165, 1.54) is 32.1 Å². The van der Waals surface area contributed by atoms with Gasteiger partial charge in [-0.05, 0) is 31.4 Å². The summed E-state index contributed by atoms with van der Waals surface area (Å²) in [4.78, 5) is 11.8. The Morgan fingerprint density at radius 1 is 1.29 bits per heavy atom. The molecule has 1 amide bonds. The van der Waals surface area contributed by atoms with Crippen molar-refractivity contribution >= 4 is 11.7 Å². The van der Waals surface area contributed by atoms with Crippen LogP contribution >= 0.6 is 0 Å². The first-order valence-electron chi connectivity index (χ1n) is 7.67. The molecule has 1 aliphatic carbocycles. The maximum absolute atomic E-state index is 11.8. The van der Waals surface area contributed by atoms with Crippen LogP contribution in [0.4, 0.5) is 5.82 Å².